The summed E-state index contributed by atoms with van der Waals surface area (Å²) < 4.78 is 15.2. The smallest absolute Gasteiger partial charge is 0.305 e. The van der Waals surface area contributed by atoms with E-state index in [0.29, 0.717) is 19.6 Å². The zero-order chi connectivity index (χ0) is 13.2. The van der Waals surface area contributed by atoms with Crippen LogP contribution in [-0.4, -0.2) is 32.6 Å². The molecule has 0 N–H and O–H groups in total. The van der Waals surface area contributed by atoms with E-state index in [1.807, 2.05) is 6.92 Å². The predicted octanol–water partition coefficient (Wildman–Crippen LogP) is 2.90. The van der Waals surface area contributed by atoms with Gasteiger partial charge >= 0.3 is 5.97 Å². The summed E-state index contributed by atoms with van der Waals surface area (Å²) in [6.45, 7) is 2.52. The fourth-order valence-corrected chi connectivity index (χ4v) is 2.34. The van der Waals surface area contributed by atoms with Crippen molar-refractivity contribution < 1.29 is 19.0 Å². The van der Waals surface area contributed by atoms with E-state index >= 15 is 0 Å². The van der Waals surface area contributed by atoms with Crippen LogP contribution in [0.4, 0.5) is 0 Å². The monoisotopic (exact) mass is 258 g/mol. The molecule has 0 radical (unpaired) electrons. The SMILES string of the molecule is COC(C)OCCOC(=O)CCCC1CCCC1. The maximum Gasteiger partial charge on any atom is 0.305 e. The fourth-order valence-electron chi connectivity index (χ4n) is 2.34. The standard InChI is InChI=1S/C14H26O4/c1-12(16-2)17-10-11-18-14(15)9-5-8-13-6-3-4-7-13/h12-13H,3-11H2,1-2H3. The Morgan fingerprint density at radius 3 is 2.67 bits per heavy atom. The maximum atomic E-state index is 11.4. The first-order valence-electron chi connectivity index (χ1n) is 7.02. The van der Waals surface area contributed by atoms with Gasteiger partial charge in [-0.3, -0.25) is 4.79 Å². The van der Waals surface area contributed by atoms with Gasteiger partial charge in [0.25, 0.3) is 0 Å². The van der Waals surface area contributed by atoms with Crippen LogP contribution in [-0.2, 0) is 19.0 Å². The van der Waals surface area contributed by atoms with Crippen LogP contribution in [0.25, 0.3) is 0 Å². The van der Waals surface area contributed by atoms with E-state index < -0.39 is 0 Å². The Kier molecular flexibility index (Phi) is 8.01. The van der Waals surface area contributed by atoms with Crippen molar-refractivity contribution in [2.75, 3.05) is 20.3 Å². The highest BCUT2D eigenvalue weighted by Gasteiger charge is 2.15. The quantitative estimate of drug-likeness (QED) is 0.362. The molecule has 0 aromatic carbocycles. The molecule has 106 valence electrons. The molecule has 1 unspecified atom stereocenters. The highest BCUT2D eigenvalue weighted by molar-refractivity contribution is 5.69. The summed E-state index contributed by atoms with van der Waals surface area (Å²) in [4.78, 5) is 11.4. The van der Waals surface area contributed by atoms with E-state index in [1.165, 1.54) is 32.1 Å². The maximum absolute atomic E-state index is 11.4. The summed E-state index contributed by atoms with van der Waals surface area (Å²) in [5.41, 5.74) is 0. The highest BCUT2D eigenvalue weighted by Crippen LogP contribution is 2.28. The minimum atomic E-state index is -0.244. The van der Waals surface area contributed by atoms with Gasteiger partial charge in [0.2, 0.25) is 0 Å². The molecule has 0 aliphatic heterocycles. The second kappa shape index (κ2) is 9.34. The lowest BCUT2D eigenvalue weighted by molar-refractivity contribution is -0.152. The van der Waals surface area contributed by atoms with E-state index in [-0.39, 0.29) is 12.3 Å². The van der Waals surface area contributed by atoms with Crippen molar-refractivity contribution in [1.29, 1.82) is 0 Å². The van der Waals surface area contributed by atoms with Gasteiger partial charge in [0.1, 0.15) is 6.61 Å². The first-order chi connectivity index (χ1) is 8.72. The third kappa shape index (κ3) is 6.97. The van der Waals surface area contributed by atoms with Crippen LogP contribution in [0.1, 0.15) is 51.9 Å². The van der Waals surface area contributed by atoms with Crippen molar-refractivity contribution >= 4 is 5.97 Å². The number of rotatable bonds is 9. The topological polar surface area (TPSA) is 44.8 Å². The third-order valence-corrected chi connectivity index (χ3v) is 3.50. The Bertz CT molecular complexity index is 224. The van der Waals surface area contributed by atoms with E-state index in [1.54, 1.807) is 7.11 Å². The number of hydrogen-bond acceptors (Lipinski definition) is 4. The van der Waals surface area contributed by atoms with Gasteiger partial charge in [-0.2, -0.15) is 0 Å². The lowest BCUT2D eigenvalue weighted by Crippen LogP contribution is -2.16. The van der Waals surface area contributed by atoms with Gasteiger partial charge in [0.05, 0.1) is 6.61 Å². The molecule has 18 heavy (non-hydrogen) atoms. The summed E-state index contributed by atoms with van der Waals surface area (Å²) in [5, 5.41) is 0. The van der Waals surface area contributed by atoms with Crippen LogP contribution in [0.15, 0.2) is 0 Å². The molecule has 1 rings (SSSR count). The van der Waals surface area contributed by atoms with Gasteiger partial charge in [0, 0.05) is 13.5 Å². The van der Waals surface area contributed by atoms with Crippen LogP contribution in [0, 0.1) is 5.92 Å². The number of ether oxygens (including phenoxy) is 3. The summed E-state index contributed by atoms with van der Waals surface area (Å²) in [7, 11) is 1.58. The molecule has 1 saturated carbocycles. The van der Waals surface area contributed by atoms with Gasteiger partial charge < -0.3 is 14.2 Å². The molecule has 0 spiro atoms. The lowest BCUT2D eigenvalue weighted by Gasteiger charge is -2.11. The predicted molar refractivity (Wildman–Crippen MR) is 69.2 cm³/mol. The third-order valence-electron chi connectivity index (χ3n) is 3.50. The van der Waals surface area contributed by atoms with Gasteiger partial charge in [-0.05, 0) is 25.7 Å². The summed E-state index contributed by atoms with van der Waals surface area (Å²) in [6.07, 6.45) is 7.84. The molecule has 0 amide bonds. The minimum absolute atomic E-state index is 0.110. The van der Waals surface area contributed by atoms with E-state index in [9.17, 15) is 4.79 Å². The molecule has 1 fully saturated rings. The van der Waals surface area contributed by atoms with Crippen LogP contribution < -0.4 is 0 Å². The second-order valence-corrected chi connectivity index (χ2v) is 4.94. The average molecular weight is 258 g/mol. The van der Waals surface area contributed by atoms with Crippen molar-refractivity contribution in [2.45, 2.75) is 58.2 Å². The van der Waals surface area contributed by atoms with Crippen molar-refractivity contribution in [3.63, 3.8) is 0 Å². The lowest BCUT2D eigenvalue weighted by atomic mass is 10.0. The zero-order valence-electron chi connectivity index (χ0n) is 11.7. The second-order valence-electron chi connectivity index (χ2n) is 4.94. The largest absolute Gasteiger partial charge is 0.463 e. The highest BCUT2D eigenvalue weighted by atomic mass is 16.7. The number of esters is 1. The Morgan fingerprint density at radius 2 is 2.00 bits per heavy atom. The normalized spacial score (nSPS) is 17.9. The van der Waals surface area contributed by atoms with Crippen LogP contribution in [0.5, 0.6) is 0 Å². The van der Waals surface area contributed by atoms with Gasteiger partial charge in [-0.25, -0.2) is 0 Å². The van der Waals surface area contributed by atoms with Gasteiger partial charge in [-0.15, -0.1) is 0 Å². The molecule has 1 atom stereocenters. The van der Waals surface area contributed by atoms with Gasteiger partial charge in [0.15, 0.2) is 6.29 Å². The van der Waals surface area contributed by atoms with E-state index in [2.05, 4.69) is 0 Å². The molecule has 4 heteroatoms. The number of carbonyl (C=O) groups is 1. The zero-order valence-corrected chi connectivity index (χ0v) is 11.7. The number of carbonyl (C=O) groups excluding carboxylic acids is 1. The van der Waals surface area contributed by atoms with Crippen LogP contribution in [0.3, 0.4) is 0 Å². The Balaban J connectivity index is 1.90. The van der Waals surface area contributed by atoms with E-state index in [0.717, 1.165) is 12.3 Å². The summed E-state index contributed by atoms with van der Waals surface area (Å²) >= 11 is 0. The molecular formula is C14H26O4. The van der Waals surface area contributed by atoms with Crippen molar-refractivity contribution in [2.24, 2.45) is 5.92 Å². The first kappa shape index (κ1) is 15.4. The van der Waals surface area contributed by atoms with Gasteiger partial charge in [-0.1, -0.05) is 25.7 Å². The molecule has 1 aliphatic carbocycles. The first-order valence-corrected chi connectivity index (χ1v) is 7.02. The van der Waals surface area contributed by atoms with E-state index in [4.69, 9.17) is 14.2 Å². The molecule has 1 aliphatic rings. The minimum Gasteiger partial charge on any atom is -0.463 e. The van der Waals surface area contributed by atoms with Crippen LogP contribution >= 0.6 is 0 Å². The Hall–Kier alpha value is -0.610. The molecule has 0 heterocycles. The summed E-state index contributed by atoms with van der Waals surface area (Å²) in [6, 6.07) is 0. The number of hydrogen-bond donors (Lipinski definition) is 0. The van der Waals surface area contributed by atoms with Crippen molar-refractivity contribution in [3.8, 4) is 0 Å². The van der Waals surface area contributed by atoms with Crippen molar-refractivity contribution in [1.82, 2.24) is 0 Å². The summed E-state index contributed by atoms with van der Waals surface area (Å²) in [5.74, 6) is 0.741. The number of methoxy groups -OCH3 is 1. The molecule has 0 aromatic rings. The van der Waals surface area contributed by atoms with Crippen LogP contribution in [0.2, 0.25) is 0 Å². The molecule has 4 nitrogen and oxygen atoms in total. The Labute approximate surface area is 110 Å². The average Bonchev–Trinajstić information content (AvgIpc) is 2.87. The molecular weight excluding hydrogens is 232 g/mol. The molecule has 0 bridgehead atoms. The molecule has 0 aromatic heterocycles. The fraction of sp³-hybridized carbons (Fsp3) is 0.929. The van der Waals surface area contributed by atoms with Crippen molar-refractivity contribution in [3.05, 3.63) is 0 Å². The Morgan fingerprint density at radius 1 is 1.28 bits per heavy atom. The molecule has 0 saturated heterocycles.